The number of rotatable bonds is 3. The summed E-state index contributed by atoms with van der Waals surface area (Å²) in [5.41, 5.74) is 4.05. The van der Waals surface area contributed by atoms with E-state index in [1.807, 2.05) is 11.2 Å². The summed E-state index contributed by atoms with van der Waals surface area (Å²) in [6, 6.07) is 5.97. The van der Waals surface area contributed by atoms with E-state index >= 15 is 0 Å². The fraction of sp³-hybridized carbons (Fsp3) is 0.312. The number of fused-ring (bicyclic) bond motifs is 1. The molecule has 0 unspecified atom stereocenters. The topological polar surface area (TPSA) is 66.3 Å². The summed E-state index contributed by atoms with van der Waals surface area (Å²) in [5.74, 6) is 0.315. The summed E-state index contributed by atoms with van der Waals surface area (Å²) in [7, 11) is 0. The van der Waals surface area contributed by atoms with Gasteiger partial charge in [-0.1, -0.05) is 13.0 Å². The number of imidazole rings is 1. The van der Waals surface area contributed by atoms with Crippen LogP contribution < -0.4 is 0 Å². The summed E-state index contributed by atoms with van der Waals surface area (Å²) < 4.78 is 2.08. The molecule has 0 spiro atoms. The molecule has 22 heavy (non-hydrogen) atoms. The fourth-order valence-electron chi connectivity index (χ4n) is 2.95. The lowest BCUT2D eigenvalue weighted by Gasteiger charge is -2.38. The average molecular weight is 295 g/mol. The van der Waals surface area contributed by atoms with E-state index in [4.69, 9.17) is 0 Å². The fourth-order valence-corrected chi connectivity index (χ4v) is 2.95. The van der Waals surface area contributed by atoms with Crippen molar-refractivity contribution in [2.45, 2.75) is 19.3 Å². The van der Waals surface area contributed by atoms with Crippen LogP contribution in [-0.2, 0) is 6.42 Å². The van der Waals surface area contributed by atoms with Gasteiger partial charge in [-0.2, -0.15) is 5.10 Å². The Hall–Kier alpha value is -2.63. The number of carbonyl (C=O) groups is 1. The molecule has 1 amide bonds. The lowest BCUT2D eigenvalue weighted by atomic mass is 9.95. The van der Waals surface area contributed by atoms with Crippen molar-refractivity contribution in [2.75, 3.05) is 13.1 Å². The van der Waals surface area contributed by atoms with Gasteiger partial charge < -0.3 is 9.30 Å². The minimum absolute atomic E-state index is 0.00512. The molecule has 0 saturated carbocycles. The summed E-state index contributed by atoms with van der Waals surface area (Å²) in [4.78, 5) is 18.6. The van der Waals surface area contributed by atoms with Crippen molar-refractivity contribution in [3.63, 3.8) is 0 Å². The largest absolute Gasteiger partial charge is 0.336 e. The molecule has 4 rings (SSSR count). The number of aryl methyl sites for hydroxylation is 1. The van der Waals surface area contributed by atoms with E-state index in [0.717, 1.165) is 17.6 Å². The van der Waals surface area contributed by atoms with Gasteiger partial charge in [-0.25, -0.2) is 4.98 Å². The molecule has 112 valence electrons. The van der Waals surface area contributed by atoms with Crippen molar-refractivity contribution in [2.24, 2.45) is 0 Å². The van der Waals surface area contributed by atoms with E-state index in [-0.39, 0.29) is 5.91 Å². The third kappa shape index (κ3) is 1.99. The Balaban J connectivity index is 1.52. The highest BCUT2D eigenvalue weighted by Gasteiger charge is 2.34. The van der Waals surface area contributed by atoms with Crippen LogP contribution in [0, 0.1) is 0 Å². The summed E-state index contributed by atoms with van der Waals surface area (Å²) in [5, 5.41) is 6.54. The van der Waals surface area contributed by atoms with E-state index in [9.17, 15) is 4.79 Å². The van der Waals surface area contributed by atoms with Gasteiger partial charge in [0.1, 0.15) is 5.69 Å². The van der Waals surface area contributed by atoms with Crippen LogP contribution in [0.1, 0.15) is 34.6 Å². The van der Waals surface area contributed by atoms with Crippen molar-refractivity contribution < 1.29 is 4.79 Å². The first-order valence-corrected chi connectivity index (χ1v) is 7.50. The monoisotopic (exact) mass is 295 g/mol. The molecule has 3 aromatic heterocycles. The second kappa shape index (κ2) is 4.98. The van der Waals surface area contributed by atoms with Gasteiger partial charge in [0, 0.05) is 31.4 Å². The second-order valence-corrected chi connectivity index (χ2v) is 5.69. The molecule has 6 heteroatoms. The Morgan fingerprint density at radius 2 is 2.23 bits per heavy atom. The Labute approximate surface area is 127 Å². The maximum Gasteiger partial charge on any atom is 0.271 e. The molecule has 1 aliphatic rings. The van der Waals surface area contributed by atoms with E-state index in [1.165, 1.54) is 5.56 Å². The van der Waals surface area contributed by atoms with Gasteiger partial charge in [-0.3, -0.25) is 9.89 Å². The van der Waals surface area contributed by atoms with Crippen LogP contribution in [0.5, 0.6) is 0 Å². The smallest absolute Gasteiger partial charge is 0.271 e. The zero-order chi connectivity index (χ0) is 15.1. The molecule has 1 saturated heterocycles. The molecular weight excluding hydrogens is 278 g/mol. The molecule has 6 nitrogen and oxygen atoms in total. The van der Waals surface area contributed by atoms with Crippen LogP contribution in [0.2, 0.25) is 0 Å². The summed E-state index contributed by atoms with van der Waals surface area (Å²) >= 11 is 0. The number of aromatic amines is 1. The van der Waals surface area contributed by atoms with Crippen molar-refractivity contribution >= 4 is 11.4 Å². The first-order valence-electron chi connectivity index (χ1n) is 7.50. The lowest BCUT2D eigenvalue weighted by Crippen LogP contribution is -2.48. The molecule has 1 aliphatic heterocycles. The van der Waals surface area contributed by atoms with Gasteiger partial charge in [0.15, 0.2) is 0 Å². The standard InChI is InChI=1S/C16H17N5O/c1-2-11-3-4-14-15(17-10-21(14)7-11)12-8-20(9-12)16(22)13-5-6-18-19-13/h3-7,10,12H,2,8-9H2,1H3,(H,18,19). The normalized spacial score (nSPS) is 15.2. The van der Waals surface area contributed by atoms with E-state index in [2.05, 4.69) is 44.8 Å². The van der Waals surface area contributed by atoms with E-state index < -0.39 is 0 Å². The third-order valence-corrected chi connectivity index (χ3v) is 4.32. The zero-order valence-corrected chi connectivity index (χ0v) is 12.4. The van der Waals surface area contributed by atoms with Crippen LogP contribution in [0.15, 0.2) is 36.9 Å². The molecule has 0 radical (unpaired) electrons. The SMILES string of the molecule is CCc1ccc2c(C3CN(C(=O)c4ccn[nH]4)C3)ncn2c1. The van der Waals surface area contributed by atoms with Crippen molar-refractivity contribution in [3.05, 3.63) is 53.9 Å². The number of aromatic nitrogens is 4. The van der Waals surface area contributed by atoms with Crippen LogP contribution in [0.3, 0.4) is 0 Å². The van der Waals surface area contributed by atoms with Gasteiger partial charge in [-0.15, -0.1) is 0 Å². The number of pyridine rings is 1. The van der Waals surface area contributed by atoms with Gasteiger partial charge >= 0.3 is 0 Å². The predicted molar refractivity (Wildman–Crippen MR) is 81.8 cm³/mol. The zero-order valence-electron chi connectivity index (χ0n) is 12.4. The highest BCUT2D eigenvalue weighted by Crippen LogP contribution is 2.30. The number of amides is 1. The highest BCUT2D eigenvalue weighted by atomic mass is 16.2. The van der Waals surface area contributed by atoms with Crippen molar-refractivity contribution in [1.82, 2.24) is 24.5 Å². The molecule has 1 fully saturated rings. The maximum atomic E-state index is 12.2. The van der Waals surface area contributed by atoms with Gasteiger partial charge in [0.25, 0.3) is 5.91 Å². The molecule has 0 atom stereocenters. The average Bonchev–Trinajstić information content (AvgIpc) is 3.14. The molecule has 4 heterocycles. The third-order valence-electron chi connectivity index (χ3n) is 4.32. The minimum atomic E-state index is 0.00512. The van der Waals surface area contributed by atoms with Crippen LogP contribution >= 0.6 is 0 Å². The van der Waals surface area contributed by atoms with Gasteiger partial charge in [0.2, 0.25) is 0 Å². The number of likely N-dealkylation sites (tertiary alicyclic amines) is 1. The maximum absolute atomic E-state index is 12.2. The van der Waals surface area contributed by atoms with Crippen LogP contribution in [-0.4, -0.2) is 43.5 Å². The lowest BCUT2D eigenvalue weighted by molar-refractivity contribution is 0.0594. The van der Waals surface area contributed by atoms with Gasteiger partial charge in [0.05, 0.1) is 17.5 Å². The molecule has 0 aromatic carbocycles. The van der Waals surface area contributed by atoms with Gasteiger partial charge in [-0.05, 0) is 24.1 Å². The number of hydrogen-bond donors (Lipinski definition) is 1. The first kappa shape index (κ1) is 13.1. The Morgan fingerprint density at radius 1 is 1.36 bits per heavy atom. The molecule has 0 bridgehead atoms. The molecule has 3 aromatic rings. The summed E-state index contributed by atoms with van der Waals surface area (Å²) in [6.07, 6.45) is 6.60. The Bertz CT molecular complexity index is 814. The number of nitrogens with one attached hydrogen (secondary N) is 1. The minimum Gasteiger partial charge on any atom is -0.336 e. The van der Waals surface area contributed by atoms with Crippen molar-refractivity contribution in [1.29, 1.82) is 0 Å². The van der Waals surface area contributed by atoms with E-state index in [0.29, 0.717) is 24.7 Å². The predicted octanol–water partition coefficient (Wildman–Crippen LogP) is 1.86. The highest BCUT2D eigenvalue weighted by molar-refractivity contribution is 5.92. The van der Waals surface area contributed by atoms with Crippen molar-refractivity contribution in [3.8, 4) is 0 Å². The quantitative estimate of drug-likeness (QED) is 0.802. The molecule has 0 aliphatic carbocycles. The van der Waals surface area contributed by atoms with E-state index in [1.54, 1.807) is 12.3 Å². The number of carbonyl (C=O) groups excluding carboxylic acids is 1. The summed E-state index contributed by atoms with van der Waals surface area (Å²) in [6.45, 7) is 3.56. The Morgan fingerprint density at radius 3 is 2.95 bits per heavy atom. The molecule has 1 N–H and O–H groups in total. The second-order valence-electron chi connectivity index (χ2n) is 5.69. The Kier molecular flexibility index (Phi) is 2.96. The van der Waals surface area contributed by atoms with Crippen LogP contribution in [0.4, 0.5) is 0 Å². The van der Waals surface area contributed by atoms with Crippen LogP contribution in [0.25, 0.3) is 5.52 Å². The first-order chi connectivity index (χ1) is 10.8. The molecular formula is C16H17N5O. The number of hydrogen-bond acceptors (Lipinski definition) is 3. The number of nitrogens with zero attached hydrogens (tertiary/aromatic N) is 4. The number of H-pyrrole nitrogens is 1.